The first-order valence-electron chi connectivity index (χ1n) is 6.51. The highest BCUT2D eigenvalue weighted by Gasteiger charge is 2.11. The zero-order valence-corrected chi connectivity index (χ0v) is 12.1. The van der Waals surface area contributed by atoms with Crippen molar-refractivity contribution >= 4 is 11.6 Å². The van der Waals surface area contributed by atoms with E-state index in [1.807, 2.05) is 31.2 Å². The molecule has 0 aliphatic heterocycles. The third kappa shape index (κ3) is 3.17. The lowest BCUT2D eigenvalue weighted by Crippen LogP contribution is -2.17. The van der Waals surface area contributed by atoms with Gasteiger partial charge >= 0.3 is 0 Å². The Labute approximate surface area is 122 Å². The van der Waals surface area contributed by atoms with Crippen molar-refractivity contribution in [1.82, 2.24) is 5.32 Å². The molecule has 1 unspecified atom stereocenters. The van der Waals surface area contributed by atoms with Gasteiger partial charge in [-0.25, -0.2) is 8.78 Å². The van der Waals surface area contributed by atoms with E-state index in [2.05, 4.69) is 12.2 Å². The Morgan fingerprint density at radius 3 is 2.30 bits per heavy atom. The molecule has 0 radical (unpaired) electrons. The number of nitrogens with one attached hydrogen (secondary N) is 1. The van der Waals surface area contributed by atoms with Gasteiger partial charge in [0.25, 0.3) is 0 Å². The minimum Gasteiger partial charge on any atom is -0.310 e. The molecule has 2 aromatic rings. The smallest absolute Gasteiger partial charge is 0.160 e. The molecule has 0 amide bonds. The lowest BCUT2D eigenvalue weighted by Gasteiger charge is -2.13. The lowest BCUT2D eigenvalue weighted by molar-refractivity contribution is 0.509. The predicted octanol–water partition coefficient (Wildman–Crippen LogP) is 4.96. The minimum atomic E-state index is -0.934. The summed E-state index contributed by atoms with van der Waals surface area (Å²) < 4.78 is 26.4. The number of benzene rings is 2. The van der Waals surface area contributed by atoms with Crippen LogP contribution in [0.15, 0.2) is 36.4 Å². The number of halogens is 3. The fraction of sp³-hybridized carbons (Fsp3) is 0.250. The van der Waals surface area contributed by atoms with Gasteiger partial charge in [-0.1, -0.05) is 42.8 Å². The van der Waals surface area contributed by atoms with Crippen LogP contribution in [0.2, 0.25) is 5.02 Å². The highest BCUT2D eigenvalue weighted by molar-refractivity contribution is 6.33. The van der Waals surface area contributed by atoms with Gasteiger partial charge in [0, 0.05) is 11.6 Å². The van der Waals surface area contributed by atoms with Gasteiger partial charge in [-0.05, 0) is 36.7 Å². The molecule has 2 rings (SSSR count). The zero-order valence-electron chi connectivity index (χ0n) is 11.4. The Balaban J connectivity index is 2.33. The lowest BCUT2D eigenvalue weighted by atomic mass is 10.0. The molecule has 0 bridgehead atoms. The van der Waals surface area contributed by atoms with E-state index in [4.69, 9.17) is 11.6 Å². The second-order valence-corrected chi connectivity index (χ2v) is 5.05. The van der Waals surface area contributed by atoms with Crippen molar-refractivity contribution in [1.29, 1.82) is 0 Å². The van der Waals surface area contributed by atoms with Crippen LogP contribution in [0.25, 0.3) is 11.1 Å². The molecule has 1 N–H and O–H groups in total. The fourth-order valence-corrected chi connectivity index (χ4v) is 2.38. The van der Waals surface area contributed by atoms with E-state index in [9.17, 15) is 8.78 Å². The minimum absolute atomic E-state index is 0.205. The molecule has 1 nitrogen and oxygen atoms in total. The molecule has 0 heterocycles. The van der Waals surface area contributed by atoms with Crippen molar-refractivity contribution in [3.63, 3.8) is 0 Å². The maximum Gasteiger partial charge on any atom is 0.160 e. The Kier molecular flexibility index (Phi) is 4.73. The Hall–Kier alpha value is -1.45. The van der Waals surface area contributed by atoms with Crippen LogP contribution in [-0.4, -0.2) is 6.54 Å². The van der Waals surface area contributed by atoms with E-state index < -0.39 is 11.6 Å². The predicted molar refractivity (Wildman–Crippen MR) is 78.9 cm³/mol. The summed E-state index contributed by atoms with van der Waals surface area (Å²) in [6, 6.07) is 10.0. The Morgan fingerprint density at radius 2 is 1.70 bits per heavy atom. The SMILES string of the molecule is CCNC(C)c1ccc(-c2cc(F)c(F)cc2Cl)cc1. The van der Waals surface area contributed by atoms with Gasteiger partial charge in [0.1, 0.15) is 0 Å². The van der Waals surface area contributed by atoms with Crippen molar-refractivity contribution in [2.45, 2.75) is 19.9 Å². The molecule has 106 valence electrons. The van der Waals surface area contributed by atoms with Crippen LogP contribution in [0.4, 0.5) is 8.78 Å². The summed E-state index contributed by atoms with van der Waals surface area (Å²) in [7, 11) is 0. The molecule has 0 saturated heterocycles. The van der Waals surface area contributed by atoms with Crippen LogP contribution in [0.3, 0.4) is 0 Å². The van der Waals surface area contributed by atoms with Crippen LogP contribution >= 0.6 is 11.6 Å². The highest BCUT2D eigenvalue weighted by atomic mass is 35.5. The molecule has 0 aromatic heterocycles. The standard InChI is InChI=1S/C16H16ClF2N/c1-3-20-10(2)11-4-6-12(7-5-11)13-8-15(18)16(19)9-14(13)17/h4-10,20H,3H2,1-2H3. The molecule has 0 aliphatic carbocycles. The molecule has 2 aromatic carbocycles. The Morgan fingerprint density at radius 1 is 1.10 bits per heavy atom. The summed E-state index contributed by atoms with van der Waals surface area (Å²) in [5.41, 5.74) is 2.39. The van der Waals surface area contributed by atoms with Crippen LogP contribution in [0.1, 0.15) is 25.5 Å². The van der Waals surface area contributed by atoms with Gasteiger partial charge in [0.15, 0.2) is 11.6 Å². The maximum absolute atomic E-state index is 13.3. The number of hydrogen-bond acceptors (Lipinski definition) is 1. The first kappa shape index (κ1) is 14.9. The summed E-state index contributed by atoms with van der Waals surface area (Å²) in [5, 5.41) is 3.52. The average molecular weight is 296 g/mol. The summed E-state index contributed by atoms with van der Waals surface area (Å²) >= 11 is 5.97. The summed E-state index contributed by atoms with van der Waals surface area (Å²) in [6.45, 7) is 5.01. The molecule has 0 aliphatic rings. The van der Waals surface area contributed by atoms with Gasteiger partial charge in [-0.2, -0.15) is 0 Å². The number of rotatable bonds is 4. The normalized spacial score (nSPS) is 12.4. The molecule has 4 heteroatoms. The first-order chi connectivity index (χ1) is 9.52. The van der Waals surface area contributed by atoms with Crippen LogP contribution < -0.4 is 5.32 Å². The third-order valence-electron chi connectivity index (χ3n) is 3.24. The highest BCUT2D eigenvalue weighted by Crippen LogP contribution is 2.30. The molecule has 20 heavy (non-hydrogen) atoms. The van der Waals surface area contributed by atoms with E-state index in [0.29, 0.717) is 5.56 Å². The second-order valence-electron chi connectivity index (χ2n) is 4.65. The quantitative estimate of drug-likeness (QED) is 0.787. The molecule has 0 fully saturated rings. The van der Waals surface area contributed by atoms with E-state index in [1.165, 1.54) is 0 Å². The van der Waals surface area contributed by atoms with Crippen LogP contribution in [0, 0.1) is 11.6 Å². The molecule has 0 spiro atoms. The topological polar surface area (TPSA) is 12.0 Å². The Bertz CT molecular complexity index is 596. The van der Waals surface area contributed by atoms with Crippen molar-refractivity contribution in [3.05, 3.63) is 58.6 Å². The van der Waals surface area contributed by atoms with Gasteiger partial charge in [0.05, 0.1) is 5.02 Å². The molecule has 1 atom stereocenters. The zero-order chi connectivity index (χ0) is 14.7. The van der Waals surface area contributed by atoms with Gasteiger partial charge < -0.3 is 5.32 Å². The van der Waals surface area contributed by atoms with E-state index >= 15 is 0 Å². The molecule has 0 saturated carbocycles. The van der Waals surface area contributed by atoms with E-state index in [-0.39, 0.29) is 11.1 Å². The van der Waals surface area contributed by atoms with Gasteiger partial charge in [0.2, 0.25) is 0 Å². The maximum atomic E-state index is 13.3. The van der Waals surface area contributed by atoms with Crippen molar-refractivity contribution in [2.75, 3.05) is 6.54 Å². The number of hydrogen-bond donors (Lipinski definition) is 1. The van der Waals surface area contributed by atoms with Crippen molar-refractivity contribution in [3.8, 4) is 11.1 Å². The van der Waals surface area contributed by atoms with E-state index in [0.717, 1.165) is 29.8 Å². The third-order valence-corrected chi connectivity index (χ3v) is 3.55. The summed E-state index contributed by atoms with van der Waals surface area (Å²) in [4.78, 5) is 0. The largest absolute Gasteiger partial charge is 0.310 e. The van der Waals surface area contributed by atoms with Crippen molar-refractivity contribution < 1.29 is 8.78 Å². The summed E-state index contributed by atoms with van der Waals surface area (Å²) in [6.07, 6.45) is 0. The van der Waals surface area contributed by atoms with Crippen LogP contribution in [0.5, 0.6) is 0 Å². The van der Waals surface area contributed by atoms with Crippen molar-refractivity contribution in [2.24, 2.45) is 0 Å². The average Bonchev–Trinajstić information content (AvgIpc) is 2.43. The van der Waals surface area contributed by atoms with E-state index in [1.54, 1.807) is 0 Å². The molecular formula is C16H16ClF2N. The van der Waals surface area contributed by atoms with Crippen LogP contribution in [-0.2, 0) is 0 Å². The van der Waals surface area contributed by atoms with Gasteiger partial charge in [-0.15, -0.1) is 0 Å². The fourth-order valence-electron chi connectivity index (χ4n) is 2.12. The first-order valence-corrected chi connectivity index (χ1v) is 6.89. The second kappa shape index (κ2) is 6.33. The molecular weight excluding hydrogens is 280 g/mol. The monoisotopic (exact) mass is 295 g/mol. The summed E-state index contributed by atoms with van der Waals surface area (Å²) in [5.74, 6) is -1.83. The van der Waals surface area contributed by atoms with Gasteiger partial charge in [-0.3, -0.25) is 0 Å².